The SMILES string of the molecule is COc1cc(Br)c(Br)c(C=Nc2cc(-c3nc4ncccc4o3)ccc2Cl)c1O. The van der Waals surface area contributed by atoms with Crippen molar-refractivity contribution in [3.05, 3.63) is 62.1 Å². The van der Waals surface area contributed by atoms with Crippen LogP contribution in [0.2, 0.25) is 5.02 Å². The smallest absolute Gasteiger partial charge is 0.228 e. The normalized spacial score (nSPS) is 11.4. The number of phenolic OH excluding ortho intramolecular Hbond substituents is 1. The molecular weight excluding hydrogens is 525 g/mol. The third-order valence-electron chi connectivity index (χ3n) is 4.10. The summed E-state index contributed by atoms with van der Waals surface area (Å²) in [6.07, 6.45) is 3.16. The van der Waals surface area contributed by atoms with Gasteiger partial charge in [-0.15, -0.1) is 0 Å². The maximum Gasteiger partial charge on any atom is 0.228 e. The van der Waals surface area contributed by atoms with E-state index in [9.17, 15) is 5.11 Å². The molecule has 0 spiro atoms. The van der Waals surface area contributed by atoms with E-state index < -0.39 is 0 Å². The Morgan fingerprint density at radius 2 is 2.07 bits per heavy atom. The number of hydrogen-bond donors (Lipinski definition) is 1. The molecule has 29 heavy (non-hydrogen) atoms. The highest BCUT2D eigenvalue weighted by atomic mass is 79.9. The van der Waals surface area contributed by atoms with Gasteiger partial charge < -0.3 is 14.3 Å². The molecule has 6 nitrogen and oxygen atoms in total. The summed E-state index contributed by atoms with van der Waals surface area (Å²) in [6.45, 7) is 0. The van der Waals surface area contributed by atoms with Crippen LogP contribution in [0, 0.1) is 0 Å². The fourth-order valence-electron chi connectivity index (χ4n) is 2.66. The second-order valence-electron chi connectivity index (χ2n) is 5.91. The molecule has 2 aromatic heterocycles. The molecule has 0 saturated heterocycles. The minimum absolute atomic E-state index is 0.0383. The van der Waals surface area contributed by atoms with Gasteiger partial charge >= 0.3 is 0 Å². The van der Waals surface area contributed by atoms with Crippen molar-refractivity contribution in [1.82, 2.24) is 9.97 Å². The molecule has 0 atom stereocenters. The van der Waals surface area contributed by atoms with Gasteiger partial charge in [-0.3, -0.25) is 4.99 Å². The quantitative estimate of drug-likeness (QED) is 0.299. The van der Waals surface area contributed by atoms with E-state index in [2.05, 4.69) is 46.8 Å². The van der Waals surface area contributed by atoms with Crippen LogP contribution < -0.4 is 4.74 Å². The number of aromatic hydroxyl groups is 1. The van der Waals surface area contributed by atoms with Crippen molar-refractivity contribution in [2.24, 2.45) is 4.99 Å². The van der Waals surface area contributed by atoms with Gasteiger partial charge in [0, 0.05) is 26.9 Å². The molecular formula is C20H12Br2ClN3O3. The van der Waals surface area contributed by atoms with Crippen molar-refractivity contribution < 1.29 is 14.3 Å². The highest BCUT2D eigenvalue weighted by molar-refractivity contribution is 9.13. The largest absolute Gasteiger partial charge is 0.504 e. The number of benzene rings is 2. The molecule has 4 aromatic rings. The minimum atomic E-state index is -0.0383. The van der Waals surface area contributed by atoms with Crippen LogP contribution in [0.1, 0.15) is 5.56 Å². The number of aliphatic imine (C=N–C) groups is 1. The number of halogens is 3. The molecule has 0 bridgehead atoms. The Labute approximate surface area is 187 Å². The van der Waals surface area contributed by atoms with Gasteiger partial charge in [0.05, 0.1) is 23.4 Å². The van der Waals surface area contributed by atoms with Gasteiger partial charge in [-0.2, -0.15) is 4.98 Å². The lowest BCUT2D eigenvalue weighted by atomic mass is 10.2. The van der Waals surface area contributed by atoms with E-state index in [1.807, 2.05) is 0 Å². The number of methoxy groups -OCH3 is 1. The average Bonchev–Trinajstić information content (AvgIpc) is 3.16. The van der Waals surface area contributed by atoms with Gasteiger partial charge in [-0.05, 0) is 68.3 Å². The summed E-state index contributed by atoms with van der Waals surface area (Å²) in [7, 11) is 1.48. The van der Waals surface area contributed by atoms with Crippen molar-refractivity contribution in [2.45, 2.75) is 0 Å². The van der Waals surface area contributed by atoms with Crippen LogP contribution in [0.3, 0.4) is 0 Å². The zero-order valence-electron chi connectivity index (χ0n) is 14.9. The zero-order valence-corrected chi connectivity index (χ0v) is 18.8. The maximum atomic E-state index is 10.4. The molecule has 146 valence electrons. The molecule has 0 unspecified atom stereocenters. The second-order valence-corrected chi connectivity index (χ2v) is 7.96. The number of phenols is 1. The van der Waals surface area contributed by atoms with Crippen LogP contribution in [0.25, 0.3) is 22.7 Å². The van der Waals surface area contributed by atoms with E-state index in [1.54, 1.807) is 42.6 Å². The first-order valence-corrected chi connectivity index (χ1v) is 10.2. The second kappa shape index (κ2) is 8.14. The Bertz CT molecular complexity index is 1220. The lowest BCUT2D eigenvalue weighted by molar-refractivity contribution is 0.372. The standard InChI is InChI=1S/C20H12Br2ClN3O3/c1-28-16-8-12(21)17(22)11(18(16)27)9-25-14-7-10(4-5-13(14)23)20-26-19-15(29-20)3-2-6-24-19/h2-9,27H,1H3. The van der Waals surface area contributed by atoms with Crippen molar-refractivity contribution in [3.63, 3.8) is 0 Å². The number of pyridine rings is 1. The van der Waals surface area contributed by atoms with Gasteiger partial charge in [-0.1, -0.05) is 11.6 Å². The fraction of sp³-hybridized carbons (Fsp3) is 0.0500. The topological polar surface area (TPSA) is 80.7 Å². The minimum Gasteiger partial charge on any atom is -0.504 e. The van der Waals surface area contributed by atoms with Crippen LogP contribution in [-0.4, -0.2) is 28.4 Å². The lowest BCUT2D eigenvalue weighted by Gasteiger charge is -2.10. The molecule has 0 radical (unpaired) electrons. The molecule has 9 heteroatoms. The molecule has 2 heterocycles. The Hall–Kier alpha value is -2.42. The molecule has 0 aliphatic carbocycles. The highest BCUT2D eigenvalue weighted by Crippen LogP contribution is 2.40. The number of nitrogens with zero attached hydrogens (tertiary/aromatic N) is 3. The summed E-state index contributed by atoms with van der Waals surface area (Å²) in [6, 6.07) is 10.5. The van der Waals surface area contributed by atoms with Gasteiger partial charge in [0.2, 0.25) is 5.89 Å². The van der Waals surface area contributed by atoms with Gasteiger partial charge in [0.15, 0.2) is 22.7 Å². The number of fused-ring (bicyclic) bond motifs is 1. The molecule has 2 aromatic carbocycles. The number of rotatable bonds is 4. The van der Waals surface area contributed by atoms with Crippen molar-refractivity contribution in [3.8, 4) is 23.0 Å². The molecule has 1 N–H and O–H groups in total. The first kappa shape index (κ1) is 19.9. The molecule has 0 aliphatic rings. The Morgan fingerprint density at radius 1 is 1.24 bits per heavy atom. The summed E-state index contributed by atoms with van der Waals surface area (Å²) in [5, 5.41) is 10.9. The molecule has 0 fully saturated rings. The number of ether oxygens (including phenoxy) is 1. The van der Waals surface area contributed by atoms with Crippen molar-refractivity contribution >= 4 is 66.6 Å². The molecule has 0 saturated carbocycles. The van der Waals surface area contributed by atoms with Gasteiger partial charge in [-0.25, -0.2) is 4.98 Å². The molecule has 0 amide bonds. The van der Waals surface area contributed by atoms with Crippen LogP contribution in [-0.2, 0) is 0 Å². The molecule has 0 aliphatic heterocycles. The van der Waals surface area contributed by atoms with Crippen LogP contribution in [0.4, 0.5) is 5.69 Å². The number of aromatic nitrogens is 2. The Morgan fingerprint density at radius 3 is 2.83 bits per heavy atom. The predicted octanol–water partition coefficient (Wildman–Crippen LogP) is 6.53. The lowest BCUT2D eigenvalue weighted by Crippen LogP contribution is -1.92. The fourth-order valence-corrected chi connectivity index (χ4v) is 3.65. The van der Waals surface area contributed by atoms with Crippen molar-refractivity contribution in [1.29, 1.82) is 0 Å². The molecule has 4 rings (SSSR count). The van der Waals surface area contributed by atoms with Crippen LogP contribution in [0.15, 0.2) is 61.0 Å². The van der Waals surface area contributed by atoms with E-state index in [0.717, 1.165) is 0 Å². The number of oxazole rings is 1. The monoisotopic (exact) mass is 535 g/mol. The van der Waals surface area contributed by atoms with Gasteiger partial charge in [0.25, 0.3) is 0 Å². The van der Waals surface area contributed by atoms with Crippen LogP contribution in [0.5, 0.6) is 11.5 Å². The van der Waals surface area contributed by atoms with E-state index in [1.165, 1.54) is 13.3 Å². The summed E-state index contributed by atoms with van der Waals surface area (Å²) in [5.41, 5.74) is 2.76. The van der Waals surface area contributed by atoms with Crippen LogP contribution >= 0.6 is 43.5 Å². The first-order valence-electron chi connectivity index (χ1n) is 8.28. The van der Waals surface area contributed by atoms with E-state index in [0.29, 0.717) is 53.7 Å². The average molecular weight is 538 g/mol. The first-order chi connectivity index (χ1) is 14.0. The zero-order chi connectivity index (χ0) is 20.5. The third kappa shape index (κ3) is 3.88. The Kier molecular flexibility index (Phi) is 5.58. The van der Waals surface area contributed by atoms with E-state index in [-0.39, 0.29) is 5.75 Å². The van der Waals surface area contributed by atoms with Gasteiger partial charge in [0.1, 0.15) is 0 Å². The maximum absolute atomic E-state index is 10.4. The van der Waals surface area contributed by atoms with Crippen molar-refractivity contribution in [2.75, 3.05) is 7.11 Å². The number of hydrogen-bond acceptors (Lipinski definition) is 6. The van der Waals surface area contributed by atoms with E-state index in [4.69, 9.17) is 20.8 Å². The highest BCUT2D eigenvalue weighted by Gasteiger charge is 2.15. The Balaban J connectivity index is 1.75. The summed E-state index contributed by atoms with van der Waals surface area (Å²) < 4.78 is 12.3. The summed E-state index contributed by atoms with van der Waals surface area (Å²) in [5.74, 6) is 0.698. The summed E-state index contributed by atoms with van der Waals surface area (Å²) in [4.78, 5) is 13.0. The third-order valence-corrected chi connectivity index (χ3v) is 6.43. The predicted molar refractivity (Wildman–Crippen MR) is 120 cm³/mol. The van der Waals surface area contributed by atoms with E-state index >= 15 is 0 Å². The summed E-state index contributed by atoms with van der Waals surface area (Å²) >= 11 is 13.2.